The minimum Gasteiger partial charge on any atom is -0.378 e. The minimum atomic E-state index is 0.543. The summed E-state index contributed by atoms with van der Waals surface area (Å²) in [7, 11) is 0. The average Bonchev–Trinajstić information content (AvgIpc) is 3.15. The van der Waals surface area contributed by atoms with Crippen LogP contribution in [0.1, 0.15) is 51.0 Å². The number of ether oxygens (including phenoxy) is 1. The van der Waals surface area contributed by atoms with Gasteiger partial charge in [-0.15, -0.1) is 0 Å². The van der Waals surface area contributed by atoms with Gasteiger partial charge in [-0.05, 0) is 37.7 Å². The molecule has 0 radical (unpaired) electrons. The summed E-state index contributed by atoms with van der Waals surface area (Å²) in [6.07, 6.45) is 10.2. The number of nitrogens with zero attached hydrogens (tertiary/aromatic N) is 4. The fraction of sp³-hybridized carbons (Fsp3) is 0.727. The molecule has 6 nitrogen and oxygen atoms in total. The van der Waals surface area contributed by atoms with Gasteiger partial charge >= 0.3 is 0 Å². The minimum absolute atomic E-state index is 0.543. The molecule has 0 amide bonds. The predicted octanol–water partition coefficient (Wildman–Crippen LogP) is 3.04. The van der Waals surface area contributed by atoms with Crippen LogP contribution in [0.5, 0.6) is 0 Å². The summed E-state index contributed by atoms with van der Waals surface area (Å²) in [4.78, 5) is 14.5. The summed E-state index contributed by atoms with van der Waals surface area (Å²) in [5, 5.41) is 3.54. The van der Waals surface area contributed by atoms with Gasteiger partial charge in [0.2, 0.25) is 0 Å². The van der Waals surface area contributed by atoms with Crippen molar-refractivity contribution < 1.29 is 4.74 Å². The van der Waals surface area contributed by atoms with E-state index in [-0.39, 0.29) is 0 Å². The Balaban J connectivity index is 1.47. The summed E-state index contributed by atoms with van der Waals surface area (Å²) in [5.74, 6) is 2.14. The monoisotopic (exact) mass is 385 g/mol. The first-order valence-electron chi connectivity index (χ1n) is 11.1. The van der Waals surface area contributed by atoms with E-state index in [1.54, 1.807) is 0 Å². The molecule has 3 fully saturated rings. The van der Waals surface area contributed by atoms with Gasteiger partial charge in [-0.25, -0.2) is 9.98 Å². The standard InChI is InChI=1S/C22H35N5O/c1-2-23-21(27-12-10-22(18-27)8-4-3-5-9-22)25-17-19-7-6-11-24-20(19)26-13-15-28-16-14-26/h6-7,11H,2-5,8-10,12-18H2,1H3,(H,23,25). The smallest absolute Gasteiger partial charge is 0.194 e. The van der Waals surface area contributed by atoms with Crippen molar-refractivity contribution in [2.75, 3.05) is 50.8 Å². The lowest BCUT2D eigenvalue weighted by Gasteiger charge is -2.33. The van der Waals surface area contributed by atoms with E-state index in [1.165, 1.54) is 50.6 Å². The Labute approximate surface area is 169 Å². The van der Waals surface area contributed by atoms with Crippen LogP contribution in [-0.2, 0) is 11.3 Å². The number of nitrogens with one attached hydrogen (secondary N) is 1. The van der Waals surface area contributed by atoms with Gasteiger partial charge in [-0.2, -0.15) is 0 Å². The van der Waals surface area contributed by atoms with Crippen molar-refractivity contribution in [2.24, 2.45) is 10.4 Å². The summed E-state index contributed by atoms with van der Waals surface area (Å²) >= 11 is 0. The second kappa shape index (κ2) is 9.12. The number of rotatable bonds is 4. The van der Waals surface area contributed by atoms with E-state index < -0.39 is 0 Å². The van der Waals surface area contributed by atoms with Gasteiger partial charge in [0.25, 0.3) is 0 Å². The Morgan fingerprint density at radius 2 is 2.00 bits per heavy atom. The first-order chi connectivity index (χ1) is 13.8. The number of aliphatic imine (C=N–C) groups is 1. The first kappa shape index (κ1) is 19.5. The van der Waals surface area contributed by atoms with Crippen molar-refractivity contribution >= 4 is 11.8 Å². The van der Waals surface area contributed by atoms with Crippen LogP contribution in [0.25, 0.3) is 0 Å². The fourth-order valence-electron chi connectivity index (χ4n) is 5.03. The largest absolute Gasteiger partial charge is 0.378 e. The highest BCUT2D eigenvalue weighted by atomic mass is 16.5. The Kier molecular flexibility index (Phi) is 6.35. The fourth-order valence-corrected chi connectivity index (χ4v) is 5.03. The van der Waals surface area contributed by atoms with Crippen LogP contribution in [0, 0.1) is 5.41 Å². The van der Waals surface area contributed by atoms with Gasteiger partial charge in [0, 0.05) is 44.5 Å². The van der Waals surface area contributed by atoms with Gasteiger partial charge in [0.1, 0.15) is 5.82 Å². The highest BCUT2D eigenvalue weighted by molar-refractivity contribution is 5.80. The first-order valence-corrected chi connectivity index (χ1v) is 11.1. The van der Waals surface area contributed by atoms with Gasteiger partial charge in [-0.1, -0.05) is 25.3 Å². The zero-order valence-corrected chi connectivity index (χ0v) is 17.3. The summed E-state index contributed by atoms with van der Waals surface area (Å²) in [6.45, 7) is 9.40. The van der Waals surface area contributed by atoms with Crippen molar-refractivity contribution in [3.63, 3.8) is 0 Å². The molecule has 0 bridgehead atoms. The van der Waals surface area contributed by atoms with E-state index in [0.717, 1.165) is 51.2 Å². The molecule has 154 valence electrons. The molecule has 2 saturated heterocycles. The van der Waals surface area contributed by atoms with Crippen molar-refractivity contribution in [3.8, 4) is 0 Å². The maximum atomic E-state index is 5.50. The molecular weight excluding hydrogens is 350 g/mol. The molecule has 1 aromatic heterocycles. The van der Waals surface area contributed by atoms with Crippen molar-refractivity contribution in [2.45, 2.75) is 52.0 Å². The SMILES string of the molecule is CCNC(=NCc1cccnc1N1CCOCC1)N1CCC2(CCCCC2)C1. The second-order valence-electron chi connectivity index (χ2n) is 8.49. The Bertz CT molecular complexity index is 665. The van der Waals surface area contributed by atoms with E-state index in [9.17, 15) is 0 Å². The van der Waals surface area contributed by atoms with E-state index in [2.05, 4.69) is 33.1 Å². The highest BCUT2D eigenvalue weighted by Crippen LogP contribution is 2.43. The third kappa shape index (κ3) is 4.43. The maximum Gasteiger partial charge on any atom is 0.194 e. The number of aromatic nitrogens is 1. The number of anilines is 1. The summed E-state index contributed by atoms with van der Waals surface area (Å²) < 4.78 is 5.50. The van der Waals surface area contributed by atoms with Crippen LogP contribution in [0.3, 0.4) is 0 Å². The van der Waals surface area contributed by atoms with E-state index in [4.69, 9.17) is 9.73 Å². The Hall–Kier alpha value is -1.82. The lowest BCUT2D eigenvalue weighted by molar-refractivity contribution is 0.122. The molecule has 1 aromatic rings. The van der Waals surface area contributed by atoms with Crippen molar-refractivity contribution in [1.82, 2.24) is 15.2 Å². The molecule has 1 saturated carbocycles. The number of likely N-dealkylation sites (tertiary alicyclic amines) is 1. The van der Waals surface area contributed by atoms with Gasteiger partial charge in [-0.3, -0.25) is 0 Å². The molecule has 3 heterocycles. The number of morpholine rings is 1. The third-order valence-corrected chi connectivity index (χ3v) is 6.56. The van der Waals surface area contributed by atoms with Crippen LogP contribution in [0.15, 0.2) is 23.3 Å². The van der Waals surface area contributed by atoms with Crippen LogP contribution in [-0.4, -0.2) is 61.8 Å². The van der Waals surface area contributed by atoms with E-state index in [0.29, 0.717) is 12.0 Å². The van der Waals surface area contributed by atoms with Gasteiger partial charge in [0.05, 0.1) is 19.8 Å². The molecule has 1 aliphatic carbocycles. The van der Waals surface area contributed by atoms with Crippen molar-refractivity contribution in [1.29, 1.82) is 0 Å². The summed E-state index contributed by atoms with van der Waals surface area (Å²) in [6, 6.07) is 4.19. The normalized spacial score (nSPS) is 22.7. The molecule has 1 spiro atoms. The lowest BCUT2D eigenvalue weighted by atomic mass is 9.73. The van der Waals surface area contributed by atoms with Crippen LogP contribution < -0.4 is 10.2 Å². The molecule has 1 N–H and O–H groups in total. The molecule has 0 atom stereocenters. The number of guanidine groups is 1. The molecule has 28 heavy (non-hydrogen) atoms. The lowest BCUT2D eigenvalue weighted by Crippen LogP contribution is -2.41. The number of pyridine rings is 1. The van der Waals surface area contributed by atoms with Crippen LogP contribution >= 0.6 is 0 Å². The van der Waals surface area contributed by atoms with E-state index >= 15 is 0 Å². The van der Waals surface area contributed by atoms with Gasteiger partial charge in [0.15, 0.2) is 5.96 Å². The topological polar surface area (TPSA) is 53.0 Å². The number of hydrogen-bond acceptors (Lipinski definition) is 4. The molecule has 6 heteroatoms. The quantitative estimate of drug-likeness (QED) is 0.638. The Morgan fingerprint density at radius 3 is 2.79 bits per heavy atom. The Morgan fingerprint density at radius 1 is 1.18 bits per heavy atom. The van der Waals surface area contributed by atoms with Crippen LogP contribution in [0.2, 0.25) is 0 Å². The average molecular weight is 386 g/mol. The van der Waals surface area contributed by atoms with Gasteiger partial charge < -0.3 is 19.9 Å². The van der Waals surface area contributed by atoms with Crippen molar-refractivity contribution in [3.05, 3.63) is 23.9 Å². The van der Waals surface area contributed by atoms with E-state index in [1.807, 2.05) is 12.3 Å². The highest BCUT2D eigenvalue weighted by Gasteiger charge is 2.39. The van der Waals surface area contributed by atoms with Crippen LogP contribution in [0.4, 0.5) is 5.82 Å². The third-order valence-electron chi connectivity index (χ3n) is 6.56. The summed E-state index contributed by atoms with van der Waals surface area (Å²) in [5.41, 5.74) is 1.74. The zero-order valence-electron chi connectivity index (χ0n) is 17.3. The second-order valence-corrected chi connectivity index (χ2v) is 8.49. The molecule has 3 aliphatic rings. The molecule has 0 aromatic carbocycles. The number of hydrogen-bond donors (Lipinski definition) is 1. The predicted molar refractivity (Wildman–Crippen MR) is 114 cm³/mol. The maximum absolute atomic E-state index is 5.50. The molecule has 0 unspecified atom stereocenters. The molecular formula is C22H35N5O. The molecule has 2 aliphatic heterocycles. The zero-order chi connectivity index (χ0) is 19.2. The molecule has 4 rings (SSSR count).